The Morgan fingerprint density at radius 2 is 1.91 bits per heavy atom. The van der Waals surface area contributed by atoms with E-state index in [1.54, 1.807) is 12.1 Å². The number of sulfonamides is 1. The van der Waals surface area contributed by atoms with Gasteiger partial charge in [-0.05, 0) is 48.4 Å². The second-order valence-corrected chi connectivity index (χ2v) is 7.99. The lowest BCUT2D eigenvalue weighted by Crippen LogP contribution is -2.33. The maximum atomic E-state index is 12.5. The minimum atomic E-state index is -3.68. The van der Waals surface area contributed by atoms with Gasteiger partial charge in [0.2, 0.25) is 10.0 Å². The molecule has 1 atom stereocenters. The first-order chi connectivity index (χ1) is 10.5. The topological polar surface area (TPSA) is 55.4 Å². The normalized spacial score (nSPS) is 18.0. The smallest absolute Gasteiger partial charge is 0.242 e. The summed E-state index contributed by atoms with van der Waals surface area (Å²) in [5.41, 5.74) is 1.91. The first-order valence-electron chi connectivity index (χ1n) is 6.63. The van der Waals surface area contributed by atoms with Gasteiger partial charge < -0.3 is 4.74 Å². The molecule has 0 radical (unpaired) electrons. The van der Waals surface area contributed by atoms with Crippen molar-refractivity contribution in [2.45, 2.75) is 17.5 Å². The molecule has 2 aromatic carbocycles. The molecule has 3 rings (SSSR count). The SMILES string of the molecule is O=S(=O)(NC1OCCc2ccc(Br)cc21)c1ccc(Cl)cc1. The van der Waals surface area contributed by atoms with Gasteiger partial charge in [-0.3, -0.25) is 0 Å². The number of ether oxygens (including phenoxy) is 1. The van der Waals surface area contributed by atoms with E-state index < -0.39 is 16.3 Å². The van der Waals surface area contributed by atoms with Crippen LogP contribution in [-0.2, 0) is 21.2 Å². The quantitative estimate of drug-likeness (QED) is 0.852. The van der Waals surface area contributed by atoms with Gasteiger partial charge in [0.25, 0.3) is 0 Å². The van der Waals surface area contributed by atoms with Gasteiger partial charge in [-0.1, -0.05) is 33.6 Å². The van der Waals surface area contributed by atoms with Crippen molar-refractivity contribution in [1.82, 2.24) is 4.72 Å². The summed E-state index contributed by atoms with van der Waals surface area (Å²) in [7, 11) is -3.68. The standard InChI is InChI=1S/C15H13BrClNO3S/c16-11-2-1-10-7-8-21-15(14(10)9-11)18-22(19,20)13-5-3-12(17)4-6-13/h1-6,9,15,18H,7-8H2. The molecule has 0 bridgehead atoms. The maximum Gasteiger partial charge on any atom is 0.242 e. The Balaban J connectivity index is 1.91. The van der Waals surface area contributed by atoms with Gasteiger partial charge in [0.1, 0.15) is 6.23 Å². The monoisotopic (exact) mass is 401 g/mol. The van der Waals surface area contributed by atoms with E-state index in [0.29, 0.717) is 11.6 Å². The van der Waals surface area contributed by atoms with Crippen molar-refractivity contribution >= 4 is 37.6 Å². The van der Waals surface area contributed by atoms with Gasteiger partial charge in [-0.25, -0.2) is 8.42 Å². The van der Waals surface area contributed by atoms with Gasteiger partial charge in [-0.2, -0.15) is 4.72 Å². The highest BCUT2D eigenvalue weighted by molar-refractivity contribution is 9.10. The predicted octanol–water partition coefficient (Wildman–Crippen LogP) is 3.65. The molecule has 1 aliphatic heterocycles. The molecule has 7 heteroatoms. The molecule has 2 aromatic rings. The maximum absolute atomic E-state index is 12.5. The van der Waals surface area contributed by atoms with Crippen molar-refractivity contribution in [2.24, 2.45) is 0 Å². The fourth-order valence-electron chi connectivity index (χ4n) is 2.33. The summed E-state index contributed by atoms with van der Waals surface area (Å²) in [4.78, 5) is 0.155. The number of fused-ring (bicyclic) bond motifs is 1. The first-order valence-corrected chi connectivity index (χ1v) is 9.29. The van der Waals surface area contributed by atoms with Crippen LogP contribution in [-0.4, -0.2) is 15.0 Å². The molecule has 22 heavy (non-hydrogen) atoms. The molecule has 116 valence electrons. The van der Waals surface area contributed by atoms with Crippen LogP contribution in [0.15, 0.2) is 51.8 Å². The summed E-state index contributed by atoms with van der Waals surface area (Å²) in [6.45, 7) is 0.475. The van der Waals surface area contributed by atoms with Gasteiger partial charge in [0, 0.05) is 15.1 Å². The van der Waals surface area contributed by atoms with Crippen LogP contribution in [0.1, 0.15) is 17.4 Å². The third-order valence-corrected chi connectivity index (χ3v) is 5.59. The Kier molecular flexibility index (Phi) is 4.56. The number of benzene rings is 2. The molecule has 0 aliphatic carbocycles. The summed E-state index contributed by atoms with van der Waals surface area (Å²) >= 11 is 9.20. The number of hydrogen-bond acceptors (Lipinski definition) is 3. The van der Waals surface area contributed by atoms with Crippen molar-refractivity contribution in [3.05, 3.63) is 63.1 Å². The largest absolute Gasteiger partial charge is 0.358 e. The van der Waals surface area contributed by atoms with Crippen molar-refractivity contribution in [1.29, 1.82) is 0 Å². The molecule has 0 amide bonds. The zero-order valence-corrected chi connectivity index (χ0v) is 14.6. The van der Waals surface area contributed by atoms with E-state index in [0.717, 1.165) is 22.0 Å². The Morgan fingerprint density at radius 3 is 2.64 bits per heavy atom. The lowest BCUT2D eigenvalue weighted by molar-refractivity contribution is 0.0348. The molecule has 4 nitrogen and oxygen atoms in total. The molecule has 1 unspecified atom stereocenters. The minimum Gasteiger partial charge on any atom is -0.358 e. The highest BCUT2D eigenvalue weighted by Gasteiger charge is 2.26. The van der Waals surface area contributed by atoms with Gasteiger partial charge >= 0.3 is 0 Å². The third kappa shape index (κ3) is 3.36. The fourth-order valence-corrected chi connectivity index (χ4v) is 3.95. The summed E-state index contributed by atoms with van der Waals surface area (Å²) in [5, 5.41) is 0.488. The lowest BCUT2D eigenvalue weighted by Gasteiger charge is -2.26. The first kappa shape index (κ1) is 16.0. The van der Waals surface area contributed by atoms with Crippen molar-refractivity contribution in [3.8, 4) is 0 Å². The van der Waals surface area contributed by atoms with E-state index >= 15 is 0 Å². The van der Waals surface area contributed by atoms with Gasteiger partial charge in [0.05, 0.1) is 11.5 Å². The average molecular weight is 403 g/mol. The number of halogens is 2. The van der Waals surface area contributed by atoms with Crippen LogP contribution < -0.4 is 4.72 Å². The van der Waals surface area contributed by atoms with Crippen molar-refractivity contribution in [2.75, 3.05) is 6.61 Å². The van der Waals surface area contributed by atoms with E-state index in [1.165, 1.54) is 12.1 Å². The molecule has 1 N–H and O–H groups in total. The Labute approximate surface area is 142 Å². The lowest BCUT2D eigenvalue weighted by atomic mass is 10.0. The average Bonchev–Trinajstić information content (AvgIpc) is 2.48. The molecule has 1 aliphatic rings. The molecule has 0 spiro atoms. The van der Waals surface area contributed by atoms with E-state index in [-0.39, 0.29) is 4.90 Å². The summed E-state index contributed by atoms with van der Waals surface area (Å²) in [6, 6.07) is 11.8. The van der Waals surface area contributed by atoms with Gasteiger partial charge in [-0.15, -0.1) is 0 Å². The molecule has 1 heterocycles. The van der Waals surface area contributed by atoms with Crippen LogP contribution in [0.2, 0.25) is 5.02 Å². The molecular formula is C15H13BrClNO3S. The third-order valence-electron chi connectivity index (χ3n) is 3.43. The Bertz CT molecular complexity index is 793. The number of hydrogen-bond donors (Lipinski definition) is 1. The minimum absolute atomic E-state index is 0.155. The zero-order valence-electron chi connectivity index (χ0n) is 11.4. The summed E-state index contributed by atoms with van der Waals surface area (Å²) in [6.07, 6.45) is 0.0730. The van der Waals surface area contributed by atoms with E-state index in [9.17, 15) is 8.42 Å². The molecule has 0 aromatic heterocycles. The molecule has 0 saturated heterocycles. The fraction of sp³-hybridized carbons (Fsp3) is 0.200. The Morgan fingerprint density at radius 1 is 1.18 bits per heavy atom. The van der Waals surface area contributed by atoms with E-state index in [1.807, 2.05) is 18.2 Å². The van der Waals surface area contributed by atoms with Crippen LogP contribution in [0.25, 0.3) is 0 Å². The highest BCUT2D eigenvalue weighted by atomic mass is 79.9. The van der Waals surface area contributed by atoms with Crippen LogP contribution in [0.5, 0.6) is 0 Å². The van der Waals surface area contributed by atoms with Crippen molar-refractivity contribution in [3.63, 3.8) is 0 Å². The summed E-state index contributed by atoms with van der Waals surface area (Å²) in [5.74, 6) is 0. The van der Waals surface area contributed by atoms with E-state index in [4.69, 9.17) is 16.3 Å². The highest BCUT2D eigenvalue weighted by Crippen LogP contribution is 2.29. The van der Waals surface area contributed by atoms with Crippen LogP contribution in [0, 0.1) is 0 Å². The molecular weight excluding hydrogens is 390 g/mol. The number of rotatable bonds is 3. The molecule has 0 saturated carbocycles. The van der Waals surface area contributed by atoms with Crippen LogP contribution >= 0.6 is 27.5 Å². The molecule has 0 fully saturated rings. The van der Waals surface area contributed by atoms with Crippen molar-refractivity contribution < 1.29 is 13.2 Å². The predicted molar refractivity (Wildman–Crippen MR) is 88.3 cm³/mol. The Hall–Kier alpha value is -0.920. The second-order valence-electron chi connectivity index (χ2n) is 4.92. The zero-order chi connectivity index (χ0) is 15.7. The van der Waals surface area contributed by atoms with E-state index in [2.05, 4.69) is 20.7 Å². The second kappa shape index (κ2) is 6.29. The van der Waals surface area contributed by atoms with Crippen LogP contribution in [0.3, 0.4) is 0 Å². The number of nitrogens with one attached hydrogen (secondary N) is 1. The van der Waals surface area contributed by atoms with Gasteiger partial charge in [0.15, 0.2) is 0 Å². The van der Waals surface area contributed by atoms with Crippen LogP contribution in [0.4, 0.5) is 0 Å². The summed E-state index contributed by atoms with van der Waals surface area (Å²) < 4.78 is 34.0.